The van der Waals surface area contributed by atoms with E-state index in [-0.39, 0.29) is 12.3 Å². The average Bonchev–Trinajstić information content (AvgIpc) is 2.42. The Hall–Kier alpha value is -1.98. The summed E-state index contributed by atoms with van der Waals surface area (Å²) in [5.41, 5.74) is 7.24. The SMILES string of the molecule is CCOC(=O)N1CCCCC1Nc1ccncc1N. The summed E-state index contributed by atoms with van der Waals surface area (Å²) < 4.78 is 5.08. The van der Waals surface area contributed by atoms with Gasteiger partial charge >= 0.3 is 6.09 Å². The molecule has 0 spiro atoms. The number of nitrogens with two attached hydrogens (primary N) is 1. The maximum Gasteiger partial charge on any atom is 0.411 e. The molecular weight excluding hydrogens is 244 g/mol. The molecule has 1 atom stereocenters. The summed E-state index contributed by atoms with van der Waals surface area (Å²) in [6, 6.07) is 1.81. The second-order valence-corrected chi connectivity index (χ2v) is 4.51. The third kappa shape index (κ3) is 3.27. The van der Waals surface area contributed by atoms with E-state index in [9.17, 15) is 4.79 Å². The van der Waals surface area contributed by atoms with Crippen molar-refractivity contribution in [3.05, 3.63) is 18.5 Å². The van der Waals surface area contributed by atoms with Gasteiger partial charge in [0, 0.05) is 12.7 Å². The highest BCUT2D eigenvalue weighted by Gasteiger charge is 2.27. The summed E-state index contributed by atoms with van der Waals surface area (Å²) >= 11 is 0. The van der Waals surface area contributed by atoms with Crippen LogP contribution in [0, 0.1) is 0 Å². The van der Waals surface area contributed by atoms with E-state index >= 15 is 0 Å². The molecule has 0 aliphatic carbocycles. The van der Waals surface area contributed by atoms with Crippen molar-refractivity contribution in [2.24, 2.45) is 0 Å². The zero-order valence-electron chi connectivity index (χ0n) is 11.1. The molecule has 6 nitrogen and oxygen atoms in total. The Kier molecular flexibility index (Phi) is 4.43. The van der Waals surface area contributed by atoms with Crippen LogP contribution in [-0.4, -0.2) is 35.3 Å². The average molecular weight is 264 g/mol. The van der Waals surface area contributed by atoms with E-state index < -0.39 is 0 Å². The van der Waals surface area contributed by atoms with Crippen molar-refractivity contribution >= 4 is 17.5 Å². The van der Waals surface area contributed by atoms with Crippen molar-refractivity contribution in [2.75, 3.05) is 24.2 Å². The second-order valence-electron chi connectivity index (χ2n) is 4.51. The predicted molar refractivity (Wildman–Crippen MR) is 73.6 cm³/mol. The van der Waals surface area contributed by atoms with E-state index in [0.717, 1.165) is 24.9 Å². The van der Waals surface area contributed by atoms with Crippen LogP contribution >= 0.6 is 0 Å². The van der Waals surface area contributed by atoms with Crippen molar-refractivity contribution in [2.45, 2.75) is 32.4 Å². The van der Waals surface area contributed by atoms with Crippen LogP contribution in [0.25, 0.3) is 0 Å². The largest absolute Gasteiger partial charge is 0.450 e. The number of nitrogens with one attached hydrogen (secondary N) is 1. The number of nitrogens with zero attached hydrogens (tertiary/aromatic N) is 2. The van der Waals surface area contributed by atoms with Gasteiger partial charge in [0.2, 0.25) is 0 Å². The van der Waals surface area contributed by atoms with Crippen LogP contribution in [-0.2, 0) is 4.74 Å². The van der Waals surface area contributed by atoms with Crippen molar-refractivity contribution < 1.29 is 9.53 Å². The third-order valence-corrected chi connectivity index (χ3v) is 3.18. The minimum Gasteiger partial charge on any atom is -0.450 e. The van der Waals surface area contributed by atoms with Crippen LogP contribution < -0.4 is 11.1 Å². The lowest BCUT2D eigenvalue weighted by molar-refractivity contribution is 0.0831. The fourth-order valence-corrected chi connectivity index (χ4v) is 2.22. The number of amides is 1. The number of nitrogen functional groups attached to an aromatic ring is 1. The molecular formula is C13H20N4O2. The molecule has 1 aliphatic rings. The van der Waals surface area contributed by atoms with Gasteiger partial charge in [-0.2, -0.15) is 0 Å². The van der Waals surface area contributed by atoms with Gasteiger partial charge in [-0.3, -0.25) is 9.88 Å². The molecule has 1 unspecified atom stereocenters. The molecule has 1 saturated heterocycles. The Balaban J connectivity index is 2.07. The highest BCUT2D eigenvalue weighted by Crippen LogP contribution is 2.23. The van der Waals surface area contributed by atoms with Gasteiger partial charge in [0.1, 0.15) is 6.17 Å². The van der Waals surface area contributed by atoms with E-state index in [2.05, 4.69) is 10.3 Å². The van der Waals surface area contributed by atoms with Gasteiger partial charge in [-0.05, 0) is 32.3 Å². The number of pyridine rings is 1. The maximum atomic E-state index is 11.9. The molecule has 1 aromatic heterocycles. The highest BCUT2D eigenvalue weighted by atomic mass is 16.6. The Labute approximate surface area is 112 Å². The van der Waals surface area contributed by atoms with Crippen molar-refractivity contribution in [1.29, 1.82) is 0 Å². The van der Waals surface area contributed by atoms with Crippen LogP contribution in [0.1, 0.15) is 26.2 Å². The molecule has 6 heteroatoms. The Bertz CT molecular complexity index is 438. The molecule has 3 N–H and O–H groups in total. The molecule has 0 bridgehead atoms. The number of rotatable bonds is 3. The lowest BCUT2D eigenvalue weighted by atomic mass is 10.1. The summed E-state index contributed by atoms with van der Waals surface area (Å²) in [5, 5.41) is 3.30. The smallest absolute Gasteiger partial charge is 0.411 e. The van der Waals surface area contributed by atoms with E-state index in [0.29, 0.717) is 18.8 Å². The maximum absolute atomic E-state index is 11.9. The number of carbonyl (C=O) groups excluding carboxylic acids is 1. The van der Waals surface area contributed by atoms with E-state index in [1.54, 1.807) is 17.3 Å². The van der Waals surface area contributed by atoms with Gasteiger partial charge in [0.15, 0.2) is 0 Å². The van der Waals surface area contributed by atoms with Crippen LogP contribution in [0.3, 0.4) is 0 Å². The topological polar surface area (TPSA) is 80.5 Å². The number of aromatic nitrogens is 1. The van der Waals surface area contributed by atoms with Gasteiger partial charge in [-0.15, -0.1) is 0 Å². The number of hydrogen-bond acceptors (Lipinski definition) is 5. The van der Waals surface area contributed by atoms with Crippen molar-refractivity contribution in [3.8, 4) is 0 Å². The summed E-state index contributed by atoms with van der Waals surface area (Å²) in [6.45, 7) is 2.91. The van der Waals surface area contributed by atoms with Crippen molar-refractivity contribution in [3.63, 3.8) is 0 Å². The fourth-order valence-electron chi connectivity index (χ4n) is 2.22. The number of hydrogen-bond donors (Lipinski definition) is 2. The molecule has 104 valence electrons. The first-order valence-corrected chi connectivity index (χ1v) is 6.61. The fraction of sp³-hybridized carbons (Fsp3) is 0.538. The molecule has 1 aromatic rings. The van der Waals surface area contributed by atoms with E-state index in [1.165, 1.54) is 0 Å². The van der Waals surface area contributed by atoms with Crippen LogP contribution in [0.5, 0.6) is 0 Å². The van der Waals surface area contributed by atoms with E-state index in [4.69, 9.17) is 10.5 Å². The number of carbonyl (C=O) groups is 1. The van der Waals surface area contributed by atoms with Crippen molar-refractivity contribution in [1.82, 2.24) is 9.88 Å². The quantitative estimate of drug-likeness (QED) is 0.873. The van der Waals surface area contributed by atoms with Gasteiger partial charge in [-0.25, -0.2) is 4.79 Å². The predicted octanol–water partition coefficient (Wildman–Crippen LogP) is 2.04. The van der Waals surface area contributed by atoms with Crippen LogP contribution in [0.2, 0.25) is 0 Å². The number of piperidine rings is 1. The van der Waals surface area contributed by atoms with Gasteiger partial charge in [-0.1, -0.05) is 0 Å². The summed E-state index contributed by atoms with van der Waals surface area (Å²) in [4.78, 5) is 17.6. The zero-order chi connectivity index (χ0) is 13.7. The molecule has 0 radical (unpaired) electrons. The number of likely N-dealkylation sites (tertiary alicyclic amines) is 1. The number of anilines is 2. The first kappa shape index (κ1) is 13.5. The highest BCUT2D eigenvalue weighted by molar-refractivity contribution is 5.70. The molecule has 1 aliphatic heterocycles. The monoisotopic (exact) mass is 264 g/mol. The minimum atomic E-state index is -0.271. The minimum absolute atomic E-state index is 0.0718. The first-order valence-electron chi connectivity index (χ1n) is 6.61. The summed E-state index contributed by atoms with van der Waals surface area (Å²) in [6.07, 6.45) is 5.91. The molecule has 0 aromatic carbocycles. The lowest BCUT2D eigenvalue weighted by Crippen LogP contribution is -2.48. The third-order valence-electron chi connectivity index (χ3n) is 3.18. The molecule has 2 rings (SSSR count). The van der Waals surface area contributed by atoms with Crippen LogP contribution in [0.15, 0.2) is 18.5 Å². The molecule has 19 heavy (non-hydrogen) atoms. The first-order chi connectivity index (χ1) is 9.22. The van der Waals surface area contributed by atoms with Crippen LogP contribution in [0.4, 0.5) is 16.2 Å². The Morgan fingerprint density at radius 2 is 2.47 bits per heavy atom. The molecule has 0 saturated carbocycles. The van der Waals surface area contributed by atoms with Gasteiger partial charge in [0.05, 0.1) is 24.2 Å². The number of ether oxygens (including phenoxy) is 1. The molecule has 1 amide bonds. The standard InChI is InChI=1S/C13H20N4O2/c1-2-19-13(18)17-8-4-3-5-12(17)16-11-6-7-15-9-10(11)14/h6-7,9,12H,2-5,8,14H2,1H3,(H,15,16). The normalized spacial score (nSPS) is 19.0. The second kappa shape index (κ2) is 6.26. The summed E-state index contributed by atoms with van der Waals surface area (Å²) in [7, 11) is 0. The van der Waals surface area contributed by atoms with E-state index in [1.807, 2.05) is 13.0 Å². The Morgan fingerprint density at radius 1 is 1.63 bits per heavy atom. The molecule has 1 fully saturated rings. The summed E-state index contributed by atoms with van der Waals surface area (Å²) in [5.74, 6) is 0. The van der Waals surface area contributed by atoms with Gasteiger partial charge in [0.25, 0.3) is 0 Å². The Morgan fingerprint density at radius 3 is 3.21 bits per heavy atom. The molecule has 2 heterocycles. The van der Waals surface area contributed by atoms with Gasteiger partial charge < -0.3 is 15.8 Å². The zero-order valence-corrected chi connectivity index (χ0v) is 11.1. The lowest BCUT2D eigenvalue weighted by Gasteiger charge is -2.35.